The molecule has 1 nitrogen and oxygen atoms in total. The van der Waals surface area contributed by atoms with Crippen molar-refractivity contribution in [3.63, 3.8) is 0 Å². The normalized spacial score (nSPS) is 43.2. The fraction of sp³-hybridized carbons (Fsp3) is 0.750. The van der Waals surface area contributed by atoms with Gasteiger partial charge in [-0.2, -0.15) is 0 Å². The first-order valence-corrected chi connectivity index (χ1v) is 5.22. The highest BCUT2D eigenvalue weighted by Gasteiger charge is 2.49. The standard InChI is InChI=1S/C12H18O/c1-9(2)12-6-4-11(3,5-7-12)10(13)8-12/h4,6,9H,5,7-8H2,1-3H3. The number of fused-ring (bicyclic) bond motifs is 2. The SMILES string of the molecule is CC(C)C12C=CC(C)(CC1)C(=O)C2. The van der Waals surface area contributed by atoms with Crippen LogP contribution in [-0.2, 0) is 4.79 Å². The quantitative estimate of drug-likeness (QED) is 0.564. The fourth-order valence-electron chi connectivity index (χ4n) is 2.57. The summed E-state index contributed by atoms with van der Waals surface area (Å²) in [5, 5.41) is 0. The van der Waals surface area contributed by atoms with Crippen molar-refractivity contribution in [2.75, 3.05) is 0 Å². The molecular weight excluding hydrogens is 160 g/mol. The summed E-state index contributed by atoms with van der Waals surface area (Å²) in [5.41, 5.74) is 0.0888. The average molecular weight is 178 g/mol. The van der Waals surface area contributed by atoms with Crippen molar-refractivity contribution in [2.24, 2.45) is 16.7 Å². The Morgan fingerprint density at radius 2 is 2.00 bits per heavy atom. The molecule has 1 saturated carbocycles. The maximum absolute atomic E-state index is 11.8. The molecule has 13 heavy (non-hydrogen) atoms. The molecule has 0 aromatic heterocycles. The van der Waals surface area contributed by atoms with Crippen LogP contribution in [0, 0.1) is 16.7 Å². The first-order valence-electron chi connectivity index (χ1n) is 5.22. The van der Waals surface area contributed by atoms with Crippen LogP contribution < -0.4 is 0 Å². The number of carbonyl (C=O) groups is 1. The Hall–Kier alpha value is -0.590. The van der Waals surface area contributed by atoms with Crippen molar-refractivity contribution >= 4 is 5.78 Å². The summed E-state index contributed by atoms with van der Waals surface area (Å²) in [7, 11) is 0. The Balaban J connectivity index is 2.39. The van der Waals surface area contributed by atoms with E-state index in [1.54, 1.807) is 0 Å². The smallest absolute Gasteiger partial charge is 0.143 e. The van der Waals surface area contributed by atoms with Crippen LogP contribution >= 0.6 is 0 Å². The van der Waals surface area contributed by atoms with Gasteiger partial charge < -0.3 is 0 Å². The maximum atomic E-state index is 11.8. The molecule has 2 atom stereocenters. The van der Waals surface area contributed by atoms with Crippen molar-refractivity contribution < 1.29 is 4.79 Å². The number of hydrogen-bond donors (Lipinski definition) is 0. The number of hydrogen-bond acceptors (Lipinski definition) is 1. The number of allylic oxidation sites excluding steroid dienone is 2. The molecule has 3 rings (SSSR count). The summed E-state index contributed by atoms with van der Waals surface area (Å²) < 4.78 is 0. The van der Waals surface area contributed by atoms with Gasteiger partial charge in [0.1, 0.15) is 5.78 Å². The van der Waals surface area contributed by atoms with Crippen LogP contribution in [0.25, 0.3) is 0 Å². The van der Waals surface area contributed by atoms with E-state index in [2.05, 4.69) is 32.9 Å². The van der Waals surface area contributed by atoms with Gasteiger partial charge in [0.2, 0.25) is 0 Å². The number of ketones is 1. The van der Waals surface area contributed by atoms with Gasteiger partial charge >= 0.3 is 0 Å². The Morgan fingerprint density at radius 1 is 1.31 bits per heavy atom. The van der Waals surface area contributed by atoms with Crippen molar-refractivity contribution in [1.82, 2.24) is 0 Å². The third kappa shape index (κ3) is 1.09. The Morgan fingerprint density at radius 3 is 2.38 bits per heavy atom. The summed E-state index contributed by atoms with van der Waals surface area (Å²) in [6.45, 7) is 6.53. The maximum Gasteiger partial charge on any atom is 0.143 e. The average Bonchev–Trinajstić information content (AvgIpc) is 2.08. The molecule has 2 bridgehead atoms. The van der Waals surface area contributed by atoms with E-state index in [-0.39, 0.29) is 10.8 Å². The largest absolute Gasteiger partial charge is 0.299 e. The topological polar surface area (TPSA) is 17.1 Å². The van der Waals surface area contributed by atoms with E-state index in [9.17, 15) is 4.79 Å². The van der Waals surface area contributed by atoms with E-state index >= 15 is 0 Å². The molecular formula is C12H18O. The van der Waals surface area contributed by atoms with E-state index in [1.165, 1.54) is 6.42 Å². The van der Waals surface area contributed by atoms with Gasteiger partial charge in [0.25, 0.3) is 0 Å². The minimum absolute atomic E-state index is 0.114. The van der Waals surface area contributed by atoms with E-state index in [1.807, 2.05) is 0 Å². The fourth-order valence-corrected chi connectivity index (χ4v) is 2.57. The summed E-state index contributed by atoms with van der Waals surface area (Å²) in [6.07, 6.45) is 7.49. The molecule has 2 unspecified atom stereocenters. The minimum atomic E-state index is -0.114. The van der Waals surface area contributed by atoms with Gasteiger partial charge in [-0.3, -0.25) is 4.79 Å². The van der Waals surface area contributed by atoms with Gasteiger partial charge in [-0.25, -0.2) is 0 Å². The van der Waals surface area contributed by atoms with Crippen LogP contribution in [0.3, 0.4) is 0 Å². The van der Waals surface area contributed by atoms with Crippen LogP contribution in [0.4, 0.5) is 0 Å². The lowest BCUT2D eigenvalue weighted by Gasteiger charge is -2.48. The zero-order valence-electron chi connectivity index (χ0n) is 8.76. The van der Waals surface area contributed by atoms with E-state index in [0.717, 1.165) is 12.8 Å². The summed E-state index contributed by atoms with van der Waals surface area (Å²) in [4.78, 5) is 11.8. The van der Waals surface area contributed by atoms with Crippen LogP contribution in [0.15, 0.2) is 12.2 Å². The molecule has 0 aromatic rings. The third-order valence-electron chi connectivity index (χ3n) is 4.17. The molecule has 0 aromatic carbocycles. The monoisotopic (exact) mass is 178 g/mol. The van der Waals surface area contributed by atoms with Crippen molar-refractivity contribution in [3.05, 3.63) is 12.2 Å². The number of carbonyl (C=O) groups excluding carboxylic acids is 1. The molecule has 0 radical (unpaired) electrons. The molecule has 1 heteroatoms. The molecule has 0 aliphatic heterocycles. The second-order valence-corrected chi connectivity index (χ2v) is 5.24. The lowest BCUT2D eigenvalue weighted by Crippen LogP contribution is -2.45. The summed E-state index contributed by atoms with van der Waals surface area (Å²) in [6, 6.07) is 0. The van der Waals surface area contributed by atoms with E-state index in [4.69, 9.17) is 0 Å². The molecule has 0 heterocycles. The highest BCUT2D eigenvalue weighted by molar-refractivity contribution is 5.89. The molecule has 72 valence electrons. The Kier molecular flexibility index (Phi) is 1.70. The van der Waals surface area contributed by atoms with Crippen molar-refractivity contribution in [3.8, 4) is 0 Å². The van der Waals surface area contributed by atoms with Gasteiger partial charge in [0.05, 0.1) is 0 Å². The highest BCUT2D eigenvalue weighted by atomic mass is 16.1. The van der Waals surface area contributed by atoms with Gasteiger partial charge in [-0.15, -0.1) is 0 Å². The number of rotatable bonds is 1. The van der Waals surface area contributed by atoms with Crippen LogP contribution in [0.1, 0.15) is 40.0 Å². The predicted octanol–water partition coefficient (Wildman–Crippen LogP) is 2.96. The molecule has 0 N–H and O–H groups in total. The molecule has 1 fully saturated rings. The van der Waals surface area contributed by atoms with Crippen molar-refractivity contribution in [1.29, 1.82) is 0 Å². The van der Waals surface area contributed by atoms with E-state index in [0.29, 0.717) is 11.7 Å². The van der Waals surface area contributed by atoms with Gasteiger partial charge in [0.15, 0.2) is 0 Å². The second kappa shape index (κ2) is 2.46. The zero-order valence-corrected chi connectivity index (χ0v) is 8.76. The highest BCUT2D eigenvalue weighted by Crippen LogP contribution is 2.53. The molecule has 0 amide bonds. The molecule has 0 spiro atoms. The first-order chi connectivity index (χ1) is 5.99. The van der Waals surface area contributed by atoms with Crippen LogP contribution in [0.5, 0.6) is 0 Å². The third-order valence-corrected chi connectivity index (χ3v) is 4.17. The summed E-state index contributed by atoms with van der Waals surface area (Å²) in [5.74, 6) is 1.05. The van der Waals surface area contributed by atoms with Gasteiger partial charge in [-0.1, -0.05) is 26.0 Å². The summed E-state index contributed by atoms with van der Waals surface area (Å²) >= 11 is 0. The Bertz CT molecular complexity index is 277. The molecule has 0 saturated heterocycles. The predicted molar refractivity (Wildman–Crippen MR) is 53.4 cm³/mol. The first kappa shape index (κ1) is 8.98. The van der Waals surface area contributed by atoms with Gasteiger partial charge in [-0.05, 0) is 31.1 Å². The van der Waals surface area contributed by atoms with Crippen molar-refractivity contribution in [2.45, 2.75) is 40.0 Å². The van der Waals surface area contributed by atoms with Crippen LogP contribution in [-0.4, -0.2) is 5.78 Å². The Labute approximate surface area is 80.2 Å². The molecule has 3 aliphatic carbocycles. The van der Waals surface area contributed by atoms with Crippen LogP contribution in [0.2, 0.25) is 0 Å². The van der Waals surface area contributed by atoms with Gasteiger partial charge in [0, 0.05) is 11.8 Å². The lowest BCUT2D eigenvalue weighted by atomic mass is 9.55. The zero-order chi connectivity index (χ0) is 9.69. The molecule has 3 aliphatic rings. The lowest BCUT2D eigenvalue weighted by molar-refractivity contribution is -0.133. The van der Waals surface area contributed by atoms with E-state index < -0.39 is 0 Å². The second-order valence-electron chi connectivity index (χ2n) is 5.24. The number of Topliss-reactive ketones (excluding diaryl/α,β-unsaturated/α-hetero) is 1. The minimum Gasteiger partial charge on any atom is -0.299 e.